The van der Waals surface area contributed by atoms with Crippen LogP contribution in [-0.2, 0) is 6.18 Å². The maximum absolute atomic E-state index is 12.9. The summed E-state index contributed by atoms with van der Waals surface area (Å²) in [5.74, 6) is 0.349. The van der Waals surface area contributed by atoms with Gasteiger partial charge >= 0.3 is 6.18 Å². The van der Waals surface area contributed by atoms with E-state index in [-0.39, 0.29) is 10.8 Å². The molecule has 0 amide bonds. The van der Waals surface area contributed by atoms with Crippen LogP contribution >= 0.6 is 12.2 Å². The largest absolute Gasteiger partial charge is 0.491 e. The summed E-state index contributed by atoms with van der Waals surface area (Å²) in [6, 6.07) is 3.33. The van der Waals surface area contributed by atoms with Crippen LogP contribution in [0.3, 0.4) is 0 Å². The van der Waals surface area contributed by atoms with Gasteiger partial charge < -0.3 is 20.3 Å². The predicted octanol–water partition coefficient (Wildman–Crippen LogP) is 3.73. The molecule has 0 saturated carbocycles. The van der Waals surface area contributed by atoms with Crippen LogP contribution in [0.1, 0.15) is 25.3 Å². The first-order valence-corrected chi connectivity index (χ1v) is 8.18. The highest BCUT2D eigenvalue weighted by Gasteiger charge is 2.31. The normalized spacial score (nSPS) is 11.5. The van der Waals surface area contributed by atoms with Crippen LogP contribution in [-0.4, -0.2) is 43.8 Å². The van der Waals surface area contributed by atoms with Gasteiger partial charge in [-0.1, -0.05) is 6.92 Å². The number of hydrogen-bond donors (Lipinski definition) is 2. The SMILES string of the molecule is CCCOc1ccc(C(F)(F)F)cc1NC(=S)NCCCN(C)C. The molecule has 0 heterocycles. The van der Waals surface area contributed by atoms with Crippen molar-refractivity contribution in [1.29, 1.82) is 0 Å². The summed E-state index contributed by atoms with van der Waals surface area (Å²) in [7, 11) is 3.94. The zero-order chi connectivity index (χ0) is 18.2. The average molecular weight is 363 g/mol. The second kappa shape index (κ2) is 9.68. The van der Waals surface area contributed by atoms with Gasteiger partial charge in [0, 0.05) is 6.54 Å². The van der Waals surface area contributed by atoms with Crippen molar-refractivity contribution >= 4 is 23.0 Å². The third-order valence-electron chi connectivity index (χ3n) is 3.08. The summed E-state index contributed by atoms with van der Waals surface area (Å²) in [5.41, 5.74) is -0.535. The summed E-state index contributed by atoms with van der Waals surface area (Å²) in [6.45, 7) is 3.87. The summed E-state index contributed by atoms with van der Waals surface area (Å²) < 4.78 is 44.2. The highest BCUT2D eigenvalue weighted by molar-refractivity contribution is 7.80. The van der Waals surface area contributed by atoms with E-state index in [1.165, 1.54) is 6.07 Å². The summed E-state index contributed by atoms with van der Waals surface area (Å²) in [4.78, 5) is 2.04. The number of ether oxygens (including phenoxy) is 1. The summed E-state index contributed by atoms with van der Waals surface area (Å²) >= 11 is 5.15. The van der Waals surface area contributed by atoms with Crippen molar-refractivity contribution in [3.8, 4) is 5.75 Å². The first-order chi connectivity index (χ1) is 11.2. The Balaban J connectivity index is 2.76. The first-order valence-electron chi connectivity index (χ1n) is 7.77. The average Bonchev–Trinajstić information content (AvgIpc) is 2.49. The Morgan fingerprint density at radius 1 is 1.29 bits per heavy atom. The number of hydrogen-bond acceptors (Lipinski definition) is 3. The maximum Gasteiger partial charge on any atom is 0.416 e. The molecule has 8 heteroatoms. The van der Waals surface area contributed by atoms with Crippen molar-refractivity contribution in [2.45, 2.75) is 25.9 Å². The molecular weight excluding hydrogens is 339 g/mol. The van der Waals surface area contributed by atoms with E-state index in [9.17, 15) is 13.2 Å². The van der Waals surface area contributed by atoms with Crippen molar-refractivity contribution in [2.24, 2.45) is 0 Å². The number of thiocarbonyl (C=S) groups is 1. The van der Waals surface area contributed by atoms with E-state index >= 15 is 0 Å². The minimum Gasteiger partial charge on any atom is -0.491 e. The van der Waals surface area contributed by atoms with Gasteiger partial charge in [0.1, 0.15) is 5.75 Å². The van der Waals surface area contributed by atoms with Crippen molar-refractivity contribution in [3.05, 3.63) is 23.8 Å². The van der Waals surface area contributed by atoms with Gasteiger partial charge in [-0.2, -0.15) is 13.2 Å². The van der Waals surface area contributed by atoms with Crippen molar-refractivity contribution in [1.82, 2.24) is 10.2 Å². The molecule has 2 N–H and O–H groups in total. The lowest BCUT2D eigenvalue weighted by Gasteiger charge is -2.17. The molecule has 0 spiro atoms. The Labute approximate surface area is 146 Å². The van der Waals surface area contributed by atoms with Crippen molar-refractivity contribution in [3.63, 3.8) is 0 Å². The molecule has 0 aromatic heterocycles. The fourth-order valence-electron chi connectivity index (χ4n) is 1.91. The van der Waals surface area contributed by atoms with Crippen LogP contribution in [0.4, 0.5) is 18.9 Å². The topological polar surface area (TPSA) is 36.5 Å². The Morgan fingerprint density at radius 3 is 2.58 bits per heavy atom. The molecule has 0 aliphatic carbocycles. The molecule has 0 unspecified atom stereocenters. The minimum atomic E-state index is -4.42. The second-order valence-corrected chi connectivity index (χ2v) is 6.00. The maximum atomic E-state index is 12.9. The minimum absolute atomic E-state index is 0.211. The van der Waals surface area contributed by atoms with Gasteiger partial charge in [-0.15, -0.1) is 0 Å². The van der Waals surface area contributed by atoms with E-state index < -0.39 is 11.7 Å². The number of anilines is 1. The van der Waals surface area contributed by atoms with E-state index in [0.29, 0.717) is 18.9 Å². The quantitative estimate of drug-likeness (QED) is 0.544. The molecule has 0 aliphatic heterocycles. The molecular formula is C16H24F3N3OS. The predicted molar refractivity (Wildman–Crippen MR) is 94.6 cm³/mol. The van der Waals surface area contributed by atoms with Gasteiger partial charge in [0.2, 0.25) is 0 Å². The van der Waals surface area contributed by atoms with Crippen LogP contribution in [0.15, 0.2) is 18.2 Å². The third-order valence-corrected chi connectivity index (χ3v) is 3.33. The lowest BCUT2D eigenvalue weighted by atomic mass is 10.2. The Bertz CT molecular complexity index is 536. The molecule has 1 aromatic carbocycles. The second-order valence-electron chi connectivity index (χ2n) is 5.59. The molecule has 1 aromatic rings. The Hall–Kier alpha value is -1.54. The van der Waals surface area contributed by atoms with E-state index in [0.717, 1.165) is 31.5 Å². The standard InChI is InChI=1S/C16H24F3N3OS/c1-4-10-23-14-7-6-12(16(17,18)19)11-13(14)21-15(24)20-8-5-9-22(2)3/h6-7,11H,4-5,8-10H2,1-3H3,(H2,20,21,24). The number of rotatable bonds is 8. The van der Waals surface area contributed by atoms with Crippen LogP contribution in [0.2, 0.25) is 0 Å². The van der Waals surface area contributed by atoms with Crippen LogP contribution in [0, 0.1) is 0 Å². The molecule has 0 bridgehead atoms. The number of halogens is 3. The number of alkyl halides is 3. The summed E-state index contributed by atoms with van der Waals surface area (Å²) in [5, 5.41) is 6.06. The zero-order valence-corrected chi connectivity index (χ0v) is 15.0. The van der Waals surface area contributed by atoms with Gasteiger partial charge in [0.05, 0.1) is 17.9 Å². The zero-order valence-electron chi connectivity index (χ0n) is 14.2. The van der Waals surface area contributed by atoms with E-state index in [2.05, 4.69) is 10.6 Å². The van der Waals surface area contributed by atoms with Gasteiger partial charge in [-0.05, 0) is 63.9 Å². The van der Waals surface area contributed by atoms with Gasteiger partial charge in [-0.25, -0.2) is 0 Å². The first kappa shape index (κ1) is 20.5. The molecule has 0 aliphatic rings. The molecule has 1 rings (SSSR count). The molecule has 0 radical (unpaired) electrons. The van der Waals surface area contributed by atoms with Crippen molar-refractivity contribution < 1.29 is 17.9 Å². The van der Waals surface area contributed by atoms with Crippen LogP contribution in [0.25, 0.3) is 0 Å². The van der Waals surface area contributed by atoms with Crippen LogP contribution < -0.4 is 15.4 Å². The lowest BCUT2D eigenvalue weighted by Crippen LogP contribution is -2.31. The molecule has 0 atom stereocenters. The molecule has 0 saturated heterocycles. The number of nitrogens with zero attached hydrogens (tertiary/aromatic N) is 1. The van der Waals surface area contributed by atoms with Gasteiger partial charge in [0.15, 0.2) is 5.11 Å². The molecule has 4 nitrogen and oxygen atoms in total. The van der Waals surface area contributed by atoms with E-state index in [4.69, 9.17) is 17.0 Å². The van der Waals surface area contributed by atoms with Gasteiger partial charge in [-0.3, -0.25) is 0 Å². The lowest BCUT2D eigenvalue weighted by molar-refractivity contribution is -0.137. The van der Waals surface area contributed by atoms with Crippen LogP contribution in [0.5, 0.6) is 5.75 Å². The Kier molecular flexibility index (Phi) is 8.27. The van der Waals surface area contributed by atoms with Gasteiger partial charge in [0.25, 0.3) is 0 Å². The highest BCUT2D eigenvalue weighted by Crippen LogP contribution is 2.35. The van der Waals surface area contributed by atoms with Crippen molar-refractivity contribution in [2.75, 3.05) is 39.1 Å². The summed E-state index contributed by atoms with van der Waals surface area (Å²) in [6.07, 6.45) is -2.79. The molecule has 136 valence electrons. The van der Waals surface area contributed by atoms with E-state index in [1.54, 1.807) is 0 Å². The smallest absolute Gasteiger partial charge is 0.416 e. The third kappa shape index (κ3) is 7.35. The fraction of sp³-hybridized carbons (Fsp3) is 0.562. The highest BCUT2D eigenvalue weighted by atomic mass is 32.1. The molecule has 0 fully saturated rings. The Morgan fingerprint density at radius 2 is 2.00 bits per heavy atom. The fourth-order valence-corrected chi connectivity index (χ4v) is 2.12. The monoisotopic (exact) mass is 363 g/mol. The number of nitrogens with one attached hydrogen (secondary N) is 2. The number of benzene rings is 1. The van der Waals surface area contributed by atoms with E-state index in [1.807, 2.05) is 25.9 Å². The molecule has 24 heavy (non-hydrogen) atoms.